The monoisotopic (exact) mass is 260 g/mol. The number of thiophene rings is 1. The molecule has 1 aliphatic rings. The number of aryl methyl sites for hydroxylation is 1. The Labute approximate surface area is 111 Å². The predicted octanol–water partition coefficient (Wildman–Crippen LogP) is 2.26. The van der Waals surface area contributed by atoms with Gasteiger partial charge in [-0.05, 0) is 24.4 Å². The van der Waals surface area contributed by atoms with E-state index in [-0.39, 0.29) is 0 Å². The summed E-state index contributed by atoms with van der Waals surface area (Å²) in [7, 11) is 2.07. The standard InChI is InChI=1S/C13H16N4S/c1-9-15-11-5-6-14-8-10(11)13(16-9)17(2)12-4-3-7-18-12/h3-4,7,14H,5-6,8H2,1-2H3. The van der Waals surface area contributed by atoms with Crippen molar-refractivity contribution >= 4 is 22.2 Å². The number of hydrogen-bond acceptors (Lipinski definition) is 5. The largest absolute Gasteiger partial charge is 0.321 e. The summed E-state index contributed by atoms with van der Waals surface area (Å²) in [6, 6.07) is 4.18. The molecule has 0 aromatic carbocycles. The molecule has 0 bridgehead atoms. The van der Waals surface area contributed by atoms with Gasteiger partial charge in [-0.15, -0.1) is 11.3 Å². The molecule has 0 unspecified atom stereocenters. The highest BCUT2D eigenvalue weighted by Gasteiger charge is 2.19. The molecule has 18 heavy (non-hydrogen) atoms. The van der Waals surface area contributed by atoms with Gasteiger partial charge in [-0.1, -0.05) is 0 Å². The van der Waals surface area contributed by atoms with Crippen molar-refractivity contribution in [1.29, 1.82) is 0 Å². The first kappa shape index (κ1) is 11.6. The van der Waals surface area contributed by atoms with Crippen LogP contribution >= 0.6 is 11.3 Å². The molecule has 0 spiro atoms. The van der Waals surface area contributed by atoms with Crippen LogP contribution in [0.1, 0.15) is 17.1 Å². The van der Waals surface area contributed by atoms with Crippen LogP contribution in [0.5, 0.6) is 0 Å². The van der Waals surface area contributed by atoms with E-state index >= 15 is 0 Å². The highest BCUT2D eigenvalue weighted by atomic mass is 32.1. The van der Waals surface area contributed by atoms with Gasteiger partial charge in [0.1, 0.15) is 11.6 Å². The van der Waals surface area contributed by atoms with Gasteiger partial charge in [-0.2, -0.15) is 0 Å². The van der Waals surface area contributed by atoms with E-state index in [0.717, 1.165) is 31.2 Å². The van der Waals surface area contributed by atoms with Crippen molar-refractivity contribution in [2.45, 2.75) is 19.9 Å². The summed E-state index contributed by atoms with van der Waals surface area (Å²) in [6.45, 7) is 3.83. The van der Waals surface area contributed by atoms with Crippen molar-refractivity contribution in [3.05, 3.63) is 34.6 Å². The Bertz CT molecular complexity index is 550. The van der Waals surface area contributed by atoms with E-state index in [4.69, 9.17) is 0 Å². The van der Waals surface area contributed by atoms with E-state index < -0.39 is 0 Å². The third kappa shape index (κ3) is 2.00. The highest BCUT2D eigenvalue weighted by molar-refractivity contribution is 7.14. The molecule has 1 aliphatic heterocycles. The van der Waals surface area contributed by atoms with Crippen LogP contribution in [0.4, 0.5) is 10.8 Å². The Morgan fingerprint density at radius 3 is 3.06 bits per heavy atom. The molecule has 2 aromatic heterocycles. The van der Waals surface area contributed by atoms with Crippen LogP contribution in [-0.2, 0) is 13.0 Å². The van der Waals surface area contributed by atoms with E-state index in [1.165, 1.54) is 16.3 Å². The van der Waals surface area contributed by atoms with Crippen molar-refractivity contribution in [1.82, 2.24) is 15.3 Å². The SMILES string of the molecule is Cc1nc2c(c(N(C)c3cccs3)n1)CNCC2. The van der Waals surface area contributed by atoms with Crippen molar-refractivity contribution < 1.29 is 0 Å². The lowest BCUT2D eigenvalue weighted by Gasteiger charge is -2.24. The van der Waals surface area contributed by atoms with Crippen LogP contribution in [0.25, 0.3) is 0 Å². The van der Waals surface area contributed by atoms with Gasteiger partial charge in [0.2, 0.25) is 0 Å². The lowest BCUT2D eigenvalue weighted by molar-refractivity contribution is 0.623. The number of aromatic nitrogens is 2. The lowest BCUT2D eigenvalue weighted by atomic mass is 10.1. The van der Waals surface area contributed by atoms with Crippen LogP contribution in [-0.4, -0.2) is 23.6 Å². The van der Waals surface area contributed by atoms with Crippen molar-refractivity contribution in [3.63, 3.8) is 0 Å². The second kappa shape index (κ2) is 4.66. The molecular weight excluding hydrogens is 244 g/mol. The van der Waals surface area contributed by atoms with Gasteiger partial charge in [-0.25, -0.2) is 9.97 Å². The maximum Gasteiger partial charge on any atom is 0.141 e. The minimum Gasteiger partial charge on any atom is -0.321 e. The molecule has 0 atom stereocenters. The molecule has 0 fully saturated rings. The Balaban J connectivity index is 2.08. The molecule has 0 radical (unpaired) electrons. The van der Waals surface area contributed by atoms with E-state index in [1.807, 2.05) is 6.92 Å². The molecule has 0 aliphatic carbocycles. The molecule has 1 N–H and O–H groups in total. The number of rotatable bonds is 2. The zero-order valence-electron chi connectivity index (χ0n) is 10.6. The smallest absolute Gasteiger partial charge is 0.141 e. The highest BCUT2D eigenvalue weighted by Crippen LogP contribution is 2.31. The number of fused-ring (bicyclic) bond motifs is 1. The Hall–Kier alpha value is -1.46. The first-order valence-corrected chi connectivity index (χ1v) is 6.98. The van der Waals surface area contributed by atoms with E-state index in [1.54, 1.807) is 11.3 Å². The summed E-state index contributed by atoms with van der Waals surface area (Å²) in [5.74, 6) is 1.89. The van der Waals surface area contributed by atoms with Crippen LogP contribution < -0.4 is 10.2 Å². The quantitative estimate of drug-likeness (QED) is 0.899. The Morgan fingerprint density at radius 1 is 1.39 bits per heavy atom. The van der Waals surface area contributed by atoms with E-state index in [9.17, 15) is 0 Å². The average molecular weight is 260 g/mol. The van der Waals surface area contributed by atoms with Gasteiger partial charge in [0, 0.05) is 32.1 Å². The van der Waals surface area contributed by atoms with E-state index in [0.29, 0.717) is 0 Å². The second-order valence-electron chi connectivity index (χ2n) is 4.46. The average Bonchev–Trinajstić information content (AvgIpc) is 2.90. The van der Waals surface area contributed by atoms with Gasteiger partial charge in [0.25, 0.3) is 0 Å². The van der Waals surface area contributed by atoms with Gasteiger partial charge in [0.15, 0.2) is 0 Å². The number of anilines is 2. The zero-order chi connectivity index (χ0) is 12.5. The van der Waals surface area contributed by atoms with Crippen molar-refractivity contribution in [2.75, 3.05) is 18.5 Å². The van der Waals surface area contributed by atoms with E-state index in [2.05, 4.69) is 44.7 Å². The predicted molar refractivity (Wildman–Crippen MR) is 74.6 cm³/mol. The van der Waals surface area contributed by atoms with Crippen LogP contribution in [0.2, 0.25) is 0 Å². The summed E-state index contributed by atoms with van der Waals surface area (Å²) in [5, 5.41) is 6.69. The molecule has 3 heterocycles. The zero-order valence-corrected chi connectivity index (χ0v) is 11.4. The summed E-state index contributed by atoms with van der Waals surface area (Å²) in [6.07, 6.45) is 0.990. The number of nitrogens with zero attached hydrogens (tertiary/aromatic N) is 3. The molecular formula is C13H16N4S. The van der Waals surface area contributed by atoms with Crippen LogP contribution in [0.3, 0.4) is 0 Å². The fourth-order valence-corrected chi connectivity index (χ4v) is 2.99. The summed E-state index contributed by atoms with van der Waals surface area (Å²) < 4.78 is 0. The fraction of sp³-hybridized carbons (Fsp3) is 0.385. The van der Waals surface area contributed by atoms with Crippen LogP contribution in [0, 0.1) is 6.92 Å². The van der Waals surface area contributed by atoms with Gasteiger partial charge in [-0.3, -0.25) is 0 Å². The first-order valence-electron chi connectivity index (χ1n) is 6.10. The third-order valence-corrected chi connectivity index (χ3v) is 4.12. The summed E-state index contributed by atoms with van der Waals surface area (Å²) in [4.78, 5) is 11.3. The van der Waals surface area contributed by atoms with Gasteiger partial charge < -0.3 is 10.2 Å². The van der Waals surface area contributed by atoms with Gasteiger partial charge in [0.05, 0.1) is 10.7 Å². The minimum atomic E-state index is 0.856. The minimum absolute atomic E-state index is 0.856. The second-order valence-corrected chi connectivity index (χ2v) is 5.38. The number of nitrogens with one attached hydrogen (secondary N) is 1. The molecule has 3 rings (SSSR count). The molecule has 4 nitrogen and oxygen atoms in total. The summed E-state index contributed by atoms with van der Waals surface area (Å²) >= 11 is 1.73. The third-order valence-electron chi connectivity index (χ3n) is 3.18. The summed E-state index contributed by atoms with van der Waals surface area (Å²) in [5.41, 5.74) is 2.43. The number of hydrogen-bond donors (Lipinski definition) is 1. The topological polar surface area (TPSA) is 41.1 Å². The molecule has 5 heteroatoms. The maximum absolute atomic E-state index is 4.62. The molecule has 0 amide bonds. The first-order chi connectivity index (χ1) is 8.75. The normalized spacial score (nSPS) is 14.3. The molecule has 0 saturated heterocycles. The molecule has 2 aromatic rings. The Kier molecular flexibility index (Phi) is 3.01. The lowest BCUT2D eigenvalue weighted by Crippen LogP contribution is -2.28. The van der Waals surface area contributed by atoms with Crippen molar-refractivity contribution in [2.24, 2.45) is 0 Å². The van der Waals surface area contributed by atoms with Gasteiger partial charge >= 0.3 is 0 Å². The molecule has 0 saturated carbocycles. The van der Waals surface area contributed by atoms with Crippen molar-refractivity contribution in [3.8, 4) is 0 Å². The Morgan fingerprint density at radius 2 is 2.28 bits per heavy atom. The fourth-order valence-electron chi connectivity index (χ4n) is 2.29. The maximum atomic E-state index is 4.62. The molecule has 94 valence electrons. The van der Waals surface area contributed by atoms with Crippen LogP contribution in [0.15, 0.2) is 17.5 Å².